The number of hydrogen-bond acceptors (Lipinski definition) is 3. The van der Waals surface area contributed by atoms with Crippen molar-refractivity contribution < 1.29 is 14.2 Å². The second kappa shape index (κ2) is 6.58. The lowest BCUT2D eigenvalue weighted by molar-refractivity contribution is 0.261. The molecule has 114 valence electrons. The Balaban J connectivity index is 1.68. The summed E-state index contributed by atoms with van der Waals surface area (Å²) in [7, 11) is 0. The molecule has 1 N–H and O–H groups in total. The van der Waals surface area contributed by atoms with Gasteiger partial charge in [-0.1, -0.05) is 18.2 Å². The van der Waals surface area contributed by atoms with Gasteiger partial charge in [-0.05, 0) is 30.7 Å². The Hall–Kier alpha value is -2.40. The minimum Gasteiger partial charge on any atom is -0.494 e. The topological polar surface area (TPSA) is 47.3 Å². The highest BCUT2D eigenvalue weighted by atomic mass is 19.1. The van der Waals surface area contributed by atoms with Crippen LogP contribution in [-0.2, 0) is 13.2 Å². The maximum atomic E-state index is 13.2. The molecule has 0 aliphatic heterocycles. The van der Waals surface area contributed by atoms with E-state index in [1.807, 2.05) is 34.9 Å². The van der Waals surface area contributed by atoms with Gasteiger partial charge in [-0.2, -0.15) is 0 Å². The second-order valence-electron chi connectivity index (χ2n) is 4.99. The molecule has 0 bridgehead atoms. The Morgan fingerprint density at radius 2 is 1.95 bits per heavy atom. The third-order valence-corrected chi connectivity index (χ3v) is 3.47. The van der Waals surface area contributed by atoms with Crippen LogP contribution in [0.25, 0.3) is 11.0 Å². The highest BCUT2D eigenvalue weighted by molar-refractivity contribution is 5.76. The van der Waals surface area contributed by atoms with Crippen molar-refractivity contribution in [3.8, 4) is 5.75 Å². The molecular formula is C17H17FN2O2. The van der Waals surface area contributed by atoms with E-state index >= 15 is 0 Å². The lowest BCUT2D eigenvalue weighted by Crippen LogP contribution is -2.08. The summed E-state index contributed by atoms with van der Waals surface area (Å²) in [5, 5.41) is 9.41. The number of para-hydroxylation sites is 1. The molecule has 0 atom stereocenters. The van der Waals surface area contributed by atoms with Gasteiger partial charge in [-0.25, -0.2) is 9.37 Å². The highest BCUT2D eigenvalue weighted by Gasteiger charge is 2.10. The van der Waals surface area contributed by atoms with Crippen LogP contribution < -0.4 is 4.74 Å². The molecule has 3 aromatic rings. The Morgan fingerprint density at radius 3 is 2.73 bits per heavy atom. The fourth-order valence-corrected chi connectivity index (χ4v) is 2.45. The molecule has 0 radical (unpaired) electrons. The van der Waals surface area contributed by atoms with Crippen LogP contribution >= 0.6 is 0 Å². The molecule has 0 unspecified atom stereocenters. The summed E-state index contributed by atoms with van der Waals surface area (Å²) >= 11 is 0. The minimum atomic E-state index is -0.325. The number of rotatable bonds is 6. The summed E-state index contributed by atoms with van der Waals surface area (Å²) in [5.41, 5.74) is 1.39. The zero-order valence-electron chi connectivity index (χ0n) is 12.1. The number of halogens is 1. The summed E-state index contributed by atoms with van der Waals surface area (Å²) < 4.78 is 20.8. The number of aliphatic hydroxyl groups excluding tert-OH is 1. The van der Waals surface area contributed by atoms with E-state index in [0.717, 1.165) is 17.7 Å². The van der Waals surface area contributed by atoms with Crippen molar-refractivity contribution in [2.24, 2.45) is 0 Å². The highest BCUT2D eigenvalue weighted by Crippen LogP contribution is 2.18. The molecule has 0 saturated carbocycles. The van der Waals surface area contributed by atoms with Crippen LogP contribution in [0, 0.1) is 5.82 Å². The maximum absolute atomic E-state index is 13.2. The van der Waals surface area contributed by atoms with E-state index < -0.39 is 0 Å². The number of imidazole rings is 1. The van der Waals surface area contributed by atoms with Gasteiger partial charge >= 0.3 is 0 Å². The van der Waals surface area contributed by atoms with E-state index in [9.17, 15) is 9.50 Å². The molecule has 0 amide bonds. The number of hydrogen-bond donors (Lipinski definition) is 1. The van der Waals surface area contributed by atoms with Gasteiger partial charge < -0.3 is 14.4 Å². The number of nitrogens with zero attached hydrogens (tertiary/aromatic N) is 2. The fourth-order valence-electron chi connectivity index (χ4n) is 2.45. The molecule has 0 spiro atoms. The number of aromatic nitrogens is 2. The number of aliphatic hydroxyl groups is 1. The Morgan fingerprint density at radius 1 is 1.14 bits per heavy atom. The van der Waals surface area contributed by atoms with Gasteiger partial charge in [-0.15, -0.1) is 0 Å². The monoisotopic (exact) mass is 300 g/mol. The molecule has 0 saturated heterocycles. The fraction of sp³-hybridized carbons (Fsp3) is 0.235. The van der Waals surface area contributed by atoms with Crippen LogP contribution in [0.4, 0.5) is 4.39 Å². The molecule has 0 aliphatic carbocycles. The Labute approximate surface area is 127 Å². The third-order valence-electron chi connectivity index (χ3n) is 3.47. The van der Waals surface area contributed by atoms with Crippen LogP contribution in [0.15, 0.2) is 48.5 Å². The molecule has 3 rings (SSSR count). The molecule has 2 aromatic carbocycles. The second-order valence-corrected chi connectivity index (χ2v) is 4.99. The van der Waals surface area contributed by atoms with Crippen LogP contribution in [0.3, 0.4) is 0 Å². The summed E-state index contributed by atoms with van der Waals surface area (Å²) in [6.45, 7) is 1.05. The van der Waals surface area contributed by atoms with Crippen molar-refractivity contribution in [1.29, 1.82) is 0 Å². The third kappa shape index (κ3) is 3.09. The molecule has 22 heavy (non-hydrogen) atoms. The molecule has 1 aromatic heterocycles. The normalized spacial score (nSPS) is 11.0. The number of ether oxygens (including phenoxy) is 1. The van der Waals surface area contributed by atoms with Gasteiger partial charge in [0.25, 0.3) is 0 Å². The van der Waals surface area contributed by atoms with Gasteiger partial charge in [-0.3, -0.25) is 0 Å². The van der Waals surface area contributed by atoms with Crippen LogP contribution in [0.5, 0.6) is 5.75 Å². The van der Waals surface area contributed by atoms with Gasteiger partial charge in [0.05, 0.1) is 17.6 Å². The molecule has 4 nitrogen and oxygen atoms in total. The van der Waals surface area contributed by atoms with E-state index in [1.165, 1.54) is 12.1 Å². The quantitative estimate of drug-likeness (QED) is 0.711. The molecular weight excluding hydrogens is 283 g/mol. The van der Waals surface area contributed by atoms with Crippen LogP contribution in [-0.4, -0.2) is 21.3 Å². The van der Waals surface area contributed by atoms with E-state index in [0.29, 0.717) is 24.5 Å². The standard InChI is InChI=1S/C17H17FN2O2/c18-13-7-8-16-15(11-13)19-17(12-21)20(16)9-4-10-22-14-5-2-1-3-6-14/h1-3,5-8,11,21H,4,9-10,12H2. The van der Waals surface area contributed by atoms with Crippen molar-refractivity contribution in [3.63, 3.8) is 0 Å². The molecule has 1 heterocycles. The summed E-state index contributed by atoms with van der Waals surface area (Å²) in [6, 6.07) is 14.1. The first-order valence-electron chi connectivity index (χ1n) is 7.21. The maximum Gasteiger partial charge on any atom is 0.135 e. The van der Waals surface area contributed by atoms with Gasteiger partial charge in [0.2, 0.25) is 0 Å². The van der Waals surface area contributed by atoms with Crippen molar-refractivity contribution in [2.45, 2.75) is 19.6 Å². The lowest BCUT2D eigenvalue weighted by atomic mass is 10.3. The largest absolute Gasteiger partial charge is 0.494 e. The van der Waals surface area contributed by atoms with E-state index in [2.05, 4.69) is 4.98 Å². The number of benzene rings is 2. The van der Waals surface area contributed by atoms with Crippen molar-refractivity contribution >= 4 is 11.0 Å². The molecule has 5 heteroatoms. The van der Waals surface area contributed by atoms with Crippen molar-refractivity contribution in [2.75, 3.05) is 6.61 Å². The first-order chi connectivity index (χ1) is 10.8. The van der Waals surface area contributed by atoms with E-state index in [1.54, 1.807) is 6.07 Å². The smallest absolute Gasteiger partial charge is 0.135 e. The summed E-state index contributed by atoms with van der Waals surface area (Å²) in [6.07, 6.45) is 0.769. The Bertz CT molecular complexity index is 756. The average molecular weight is 300 g/mol. The van der Waals surface area contributed by atoms with Gasteiger partial charge in [0.15, 0.2) is 0 Å². The number of fused-ring (bicyclic) bond motifs is 1. The zero-order chi connectivity index (χ0) is 15.4. The predicted molar refractivity (Wildman–Crippen MR) is 82.2 cm³/mol. The van der Waals surface area contributed by atoms with Crippen LogP contribution in [0.2, 0.25) is 0 Å². The predicted octanol–water partition coefficient (Wildman–Crippen LogP) is 3.14. The van der Waals surface area contributed by atoms with Gasteiger partial charge in [0.1, 0.15) is 24.0 Å². The molecule has 0 fully saturated rings. The zero-order valence-corrected chi connectivity index (χ0v) is 12.1. The van der Waals surface area contributed by atoms with Crippen molar-refractivity contribution in [3.05, 3.63) is 60.2 Å². The average Bonchev–Trinajstić information content (AvgIpc) is 2.89. The Kier molecular flexibility index (Phi) is 4.34. The number of aryl methyl sites for hydroxylation is 1. The lowest BCUT2D eigenvalue weighted by Gasteiger charge is -2.09. The van der Waals surface area contributed by atoms with E-state index in [-0.39, 0.29) is 12.4 Å². The van der Waals surface area contributed by atoms with E-state index in [4.69, 9.17) is 4.74 Å². The first kappa shape index (κ1) is 14.5. The first-order valence-corrected chi connectivity index (χ1v) is 7.21. The molecule has 0 aliphatic rings. The minimum absolute atomic E-state index is 0.171. The summed E-state index contributed by atoms with van der Waals surface area (Å²) in [5.74, 6) is 1.05. The van der Waals surface area contributed by atoms with Gasteiger partial charge in [0, 0.05) is 12.6 Å². The van der Waals surface area contributed by atoms with Crippen molar-refractivity contribution in [1.82, 2.24) is 9.55 Å². The summed E-state index contributed by atoms with van der Waals surface area (Å²) in [4.78, 5) is 4.26. The SMILES string of the molecule is OCc1nc2cc(F)ccc2n1CCCOc1ccccc1. The van der Waals surface area contributed by atoms with Crippen LogP contribution in [0.1, 0.15) is 12.2 Å².